The number of non-ortho nitro benzene ring substituents is 1. The zero-order valence-corrected chi connectivity index (χ0v) is 44.8. The number of fused-ring (bicyclic) bond motifs is 2. The zero-order valence-electron chi connectivity index (χ0n) is 43.8. The van der Waals surface area contributed by atoms with Crippen molar-refractivity contribution in [2.75, 3.05) is 31.0 Å². The van der Waals surface area contributed by atoms with E-state index in [0.717, 1.165) is 34.9 Å². The van der Waals surface area contributed by atoms with Gasteiger partial charge in [0, 0.05) is 18.6 Å². The molecule has 0 radical (unpaired) electrons. The van der Waals surface area contributed by atoms with Crippen molar-refractivity contribution in [1.29, 1.82) is 0 Å². The second-order valence-corrected chi connectivity index (χ2v) is 26.5. The third-order valence-corrected chi connectivity index (χ3v) is 19.4. The summed E-state index contributed by atoms with van der Waals surface area (Å²) in [6.45, 7) is 18.9. The molecule has 75 heavy (non-hydrogen) atoms. The summed E-state index contributed by atoms with van der Waals surface area (Å²) in [7, 11) is -0.497. The summed E-state index contributed by atoms with van der Waals surface area (Å²) < 4.78 is 54.2. The summed E-state index contributed by atoms with van der Waals surface area (Å²) in [5, 5.41) is 29.5. The summed E-state index contributed by atoms with van der Waals surface area (Å²) in [5.41, 5.74) is -0.279. The summed E-state index contributed by atoms with van der Waals surface area (Å²) in [6.07, 6.45) is -0.447. The number of hydrogen-bond acceptors (Lipinski definition) is 15. The number of ether oxygens (including phenoxy) is 7. The van der Waals surface area contributed by atoms with Crippen molar-refractivity contribution in [3.05, 3.63) is 152 Å². The number of carbonyl (C=O) groups is 1. The smallest absolute Gasteiger partial charge is 0.299 e. The molecule has 5 aromatic rings. The summed E-state index contributed by atoms with van der Waals surface area (Å²) in [5.74, 6) is -2.05. The Morgan fingerprint density at radius 1 is 0.827 bits per heavy atom. The zero-order chi connectivity index (χ0) is 53.7. The van der Waals surface area contributed by atoms with Gasteiger partial charge in [-0.1, -0.05) is 93.6 Å². The average molecular weight is 1050 g/mol. The van der Waals surface area contributed by atoms with E-state index in [0.29, 0.717) is 18.8 Å². The van der Waals surface area contributed by atoms with E-state index in [1.807, 2.05) is 98.8 Å². The molecule has 20 nitrogen and oxygen atoms in total. The highest BCUT2D eigenvalue weighted by atomic mass is 28.4. The highest BCUT2D eigenvalue weighted by Crippen LogP contribution is 2.48. The minimum atomic E-state index is -2.11. The van der Waals surface area contributed by atoms with Gasteiger partial charge in [-0.05, 0) is 87.1 Å². The number of nitro benzene ring substituents is 2. The Kier molecular flexibility index (Phi) is 14.7. The van der Waals surface area contributed by atoms with E-state index in [1.165, 1.54) is 12.7 Å². The first kappa shape index (κ1) is 53.4. The van der Waals surface area contributed by atoms with Gasteiger partial charge >= 0.3 is 0 Å². The van der Waals surface area contributed by atoms with Crippen LogP contribution in [0, 0.1) is 26.1 Å². The molecular formula is C54H65N7O13Si. The monoisotopic (exact) mass is 1050 g/mol. The molecule has 1 aliphatic carbocycles. The summed E-state index contributed by atoms with van der Waals surface area (Å²) in [6, 6.07) is 30.1. The van der Waals surface area contributed by atoms with Crippen LogP contribution in [0.15, 0.2) is 114 Å². The summed E-state index contributed by atoms with van der Waals surface area (Å²) in [4.78, 5) is 46.1. The number of nitrogens with one attached hydrogen (secondary N) is 2. The molecule has 1 amide bonds. The maximum atomic E-state index is 14.4. The Hall–Kier alpha value is -6.43. The molecule has 398 valence electrons. The van der Waals surface area contributed by atoms with Crippen LogP contribution < -0.4 is 15.4 Å². The van der Waals surface area contributed by atoms with Crippen molar-refractivity contribution in [3.63, 3.8) is 0 Å². The van der Waals surface area contributed by atoms with Gasteiger partial charge < -0.3 is 48.2 Å². The van der Waals surface area contributed by atoms with Crippen LogP contribution in [0.3, 0.4) is 0 Å². The van der Waals surface area contributed by atoms with Gasteiger partial charge in [0.1, 0.15) is 47.3 Å². The highest BCUT2D eigenvalue weighted by Gasteiger charge is 2.58. The summed E-state index contributed by atoms with van der Waals surface area (Å²) >= 11 is 0. The molecule has 0 spiro atoms. The minimum absolute atomic E-state index is 0.00277. The van der Waals surface area contributed by atoms with E-state index in [1.54, 1.807) is 25.5 Å². The van der Waals surface area contributed by atoms with Crippen molar-refractivity contribution in [3.8, 4) is 5.75 Å². The van der Waals surface area contributed by atoms with Crippen molar-refractivity contribution in [2.45, 2.75) is 133 Å². The molecule has 1 aromatic heterocycles. The topological polar surface area (TPSA) is 231 Å². The Bertz CT molecular complexity index is 2870. The first-order valence-electron chi connectivity index (χ1n) is 25.0. The Morgan fingerprint density at radius 3 is 2.03 bits per heavy atom. The average Bonchev–Trinajstić information content (AvgIpc) is 4.17. The molecule has 21 heteroatoms. The molecule has 4 fully saturated rings. The van der Waals surface area contributed by atoms with Gasteiger partial charge in [-0.3, -0.25) is 34.6 Å². The number of aliphatic imine (C=N–C) groups is 1. The van der Waals surface area contributed by atoms with Crippen LogP contribution in [-0.4, -0.2) is 108 Å². The molecule has 0 bridgehead atoms. The lowest BCUT2D eigenvalue weighted by Crippen LogP contribution is -2.43. The minimum Gasteiger partial charge on any atom is -0.497 e. The molecule has 9 rings (SSSR count). The van der Waals surface area contributed by atoms with Gasteiger partial charge in [-0.25, -0.2) is 4.98 Å². The van der Waals surface area contributed by atoms with Crippen LogP contribution in [-0.2, 0) is 38.4 Å². The number of rotatable bonds is 18. The fourth-order valence-corrected chi connectivity index (χ4v) is 11.2. The van der Waals surface area contributed by atoms with Gasteiger partial charge in [0.15, 0.2) is 31.8 Å². The van der Waals surface area contributed by atoms with Gasteiger partial charge in [0.05, 0.1) is 54.4 Å². The molecular weight excluding hydrogens is 983 g/mol. The Labute approximate surface area is 436 Å². The van der Waals surface area contributed by atoms with Crippen molar-refractivity contribution in [2.24, 2.45) is 10.9 Å². The number of nitro groups is 2. The molecule has 4 aliphatic rings. The van der Waals surface area contributed by atoms with Gasteiger partial charge in [-0.15, -0.1) is 0 Å². The number of benzene rings is 4. The fraction of sp³-hybridized carbons (Fsp3) is 0.463. The molecule has 3 saturated heterocycles. The van der Waals surface area contributed by atoms with Gasteiger partial charge in [0.25, 0.3) is 17.3 Å². The van der Waals surface area contributed by atoms with Crippen LogP contribution >= 0.6 is 0 Å². The van der Waals surface area contributed by atoms with E-state index >= 15 is 0 Å². The Morgan fingerprint density at radius 2 is 1.43 bits per heavy atom. The van der Waals surface area contributed by atoms with Crippen LogP contribution in [0.25, 0.3) is 0 Å². The van der Waals surface area contributed by atoms with E-state index in [4.69, 9.17) is 42.6 Å². The third kappa shape index (κ3) is 10.7. The first-order valence-corrected chi connectivity index (χ1v) is 27.9. The van der Waals surface area contributed by atoms with Crippen molar-refractivity contribution < 1.29 is 52.2 Å². The second-order valence-electron chi connectivity index (χ2n) is 21.7. The molecule has 4 aromatic carbocycles. The molecule has 8 atom stereocenters. The quantitative estimate of drug-likeness (QED) is 0.0208. The number of imidazole rings is 1. The largest absolute Gasteiger partial charge is 0.497 e. The predicted octanol–water partition coefficient (Wildman–Crippen LogP) is 9.76. The van der Waals surface area contributed by atoms with E-state index < -0.39 is 83.3 Å². The normalized spacial score (nSPS) is 25.0. The lowest BCUT2D eigenvalue weighted by atomic mass is 9.80. The number of methoxy groups -OCH3 is 1. The second kappa shape index (κ2) is 20.6. The van der Waals surface area contributed by atoms with E-state index in [2.05, 4.69) is 49.5 Å². The number of aromatic nitrogens is 2. The number of hydrogen-bond donors (Lipinski definition) is 2. The third-order valence-electron chi connectivity index (χ3n) is 14.8. The standard InChI is InChI=1S/C54H65N7O13Si/c1-51(2,3)75(9,10)69-29-33-27-40(45-44(33)71-52(4,5)72-45)55-31-56-48-43(49(62)58-39-26-23-37(60(63)64)28-41(39)61(65)66)57-32-59(48)50-47-46(73-53(6,7)74-47)42(70-50)30-68-54(34-17-13-11-14-18-34,35-19-15-12-16-20-35)36-21-24-38(67-8)25-22-36/h11-26,28,31-33,40,42,44-47,50H,27,29-30H2,1-10H3,(H,55,56)(H,58,62)/t33-,40-,42-,44-,45+,46-,47-,50-/m1/s1. The van der Waals surface area contributed by atoms with Crippen LogP contribution in [0.4, 0.5) is 22.9 Å². The van der Waals surface area contributed by atoms with Crippen LogP contribution in [0.2, 0.25) is 18.1 Å². The molecule has 4 heterocycles. The molecule has 2 N–H and O–H groups in total. The number of nitrogens with zero attached hydrogens (tertiary/aromatic N) is 5. The van der Waals surface area contributed by atoms with Gasteiger partial charge in [-0.2, -0.15) is 0 Å². The van der Waals surface area contributed by atoms with Crippen molar-refractivity contribution in [1.82, 2.24) is 9.55 Å². The maximum absolute atomic E-state index is 14.4. The van der Waals surface area contributed by atoms with Gasteiger partial charge in [0.2, 0.25) is 0 Å². The molecule has 1 saturated carbocycles. The fourth-order valence-electron chi connectivity index (χ4n) is 10.2. The number of carbonyl (C=O) groups excluding carboxylic acids is 1. The predicted molar refractivity (Wildman–Crippen MR) is 280 cm³/mol. The highest BCUT2D eigenvalue weighted by molar-refractivity contribution is 6.74. The lowest BCUT2D eigenvalue weighted by Gasteiger charge is -2.37. The van der Waals surface area contributed by atoms with Crippen molar-refractivity contribution >= 4 is 43.4 Å². The maximum Gasteiger partial charge on any atom is 0.299 e. The van der Waals surface area contributed by atoms with E-state index in [9.17, 15) is 25.0 Å². The SMILES string of the molecule is COc1ccc(C(OC[C@H]2O[C@@H](n3cnc(C(=O)Nc4ccc([N+](=O)[O-])cc4[N+](=O)[O-])c3NC=N[C@@H]3C[C@H](CO[Si](C)(C)C(C)(C)C)[C@H]4OC(C)(C)O[C@H]43)[C@@H]3OC(C)(C)O[C@@H]32)(c2ccccc2)c2ccccc2)cc1. The number of anilines is 2. The van der Waals surface area contributed by atoms with E-state index in [-0.39, 0.29) is 46.9 Å². The molecule has 0 unspecified atom stereocenters. The number of amides is 1. The first-order chi connectivity index (χ1) is 35.5. The lowest BCUT2D eigenvalue weighted by molar-refractivity contribution is -0.393. The molecule has 3 aliphatic heterocycles. The Balaban J connectivity index is 1.06. The van der Waals surface area contributed by atoms with Crippen LogP contribution in [0.1, 0.15) is 88.3 Å². The van der Waals surface area contributed by atoms with Crippen LogP contribution in [0.5, 0.6) is 5.75 Å².